The Morgan fingerprint density at radius 1 is 1.22 bits per heavy atom. The number of halogens is 1. The van der Waals surface area contributed by atoms with Crippen molar-refractivity contribution in [1.29, 1.82) is 0 Å². The molecule has 0 fully saturated rings. The highest BCUT2D eigenvalue weighted by Crippen LogP contribution is 2.26. The molecular formula is C20H19ClN2O3S. The molecule has 0 aliphatic carbocycles. The van der Waals surface area contributed by atoms with Gasteiger partial charge in [-0.15, -0.1) is 11.3 Å². The van der Waals surface area contributed by atoms with Crippen molar-refractivity contribution in [2.45, 2.75) is 13.3 Å². The van der Waals surface area contributed by atoms with Gasteiger partial charge in [0.25, 0.3) is 5.91 Å². The summed E-state index contributed by atoms with van der Waals surface area (Å²) < 4.78 is 10.7. The summed E-state index contributed by atoms with van der Waals surface area (Å²) in [6.07, 6.45) is 2.47. The lowest BCUT2D eigenvalue weighted by molar-refractivity contribution is -0.118. The number of hydrogen-bond acceptors (Lipinski definition) is 5. The van der Waals surface area contributed by atoms with E-state index in [1.54, 1.807) is 25.4 Å². The molecule has 5 nitrogen and oxygen atoms in total. The lowest BCUT2D eigenvalue weighted by atomic mass is 10.1. The molecule has 0 radical (unpaired) electrons. The number of amides is 1. The fraction of sp³-hybridized carbons (Fsp3) is 0.200. The molecule has 1 amide bonds. The summed E-state index contributed by atoms with van der Waals surface area (Å²) in [6, 6.07) is 13.2. The third-order valence-electron chi connectivity index (χ3n) is 3.84. The van der Waals surface area contributed by atoms with Gasteiger partial charge in [0.2, 0.25) is 0 Å². The van der Waals surface area contributed by atoms with Crippen LogP contribution in [0.25, 0.3) is 0 Å². The van der Waals surface area contributed by atoms with Crippen LogP contribution >= 0.6 is 22.9 Å². The van der Waals surface area contributed by atoms with Crippen molar-refractivity contribution in [1.82, 2.24) is 4.98 Å². The Morgan fingerprint density at radius 3 is 2.74 bits per heavy atom. The Morgan fingerprint density at radius 2 is 2.00 bits per heavy atom. The van der Waals surface area contributed by atoms with Gasteiger partial charge in [-0.1, -0.05) is 35.9 Å². The minimum Gasteiger partial charge on any atom is -0.493 e. The van der Waals surface area contributed by atoms with Crippen LogP contribution in [0.15, 0.2) is 48.7 Å². The second-order valence-corrected chi connectivity index (χ2v) is 7.40. The zero-order valence-corrected chi connectivity index (χ0v) is 16.6. The van der Waals surface area contributed by atoms with Crippen LogP contribution in [0.4, 0.5) is 5.13 Å². The van der Waals surface area contributed by atoms with E-state index in [2.05, 4.69) is 10.3 Å². The van der Waals surface area contributed by atoms with Crippen molar-refractivity contribution in [3.8, 4) is 11.5 Å². The molecule has 2 aromatic carbocycles. The van der Waals surface area contributed by atoms with Gasteiger partial charge in [-0.3, -0.25) is 10.1 Å². The standard InChI is InChI=1S/C20H19ClN2O3S/c1-13-7-8-14(10-16(13)21)9-15-11-22-20(27-15)23-19(24)12-26-18-6-4-3-5-17(18)25-2/h3-8,10-11H,9,12H2,1-2H3,(H,22,23,24). The van der Waals surface area contributed by atoms with Gasteiger partial charge in [-0.05, 0) is 36.2 Å². The van der Waals surface area contributed by atoms with E-state index in [1.807, 2.05) is 37.3 Å². The maximum Gasteiger partial charge on any atom is 0.264 e. The fourth-order valence-corrected chi connectivity index (χ4v) is 3.50. The molecule has 3 rings (SSSR count). The highest BCUT2D eigenvalue weighted by Gasteiger charge is 2.10. The summed E-state index contributed by atoms with van der Waals surface area (Å²) in [5, 5.41) is 4.04. The van der Waals surface area contributed by atoms with Crippen LogP contribution < -0.4 is 14.8 Å². The largest absolute Gasteiger partial charge is 0.493 e. The summed E-state index contributed by atoms with van der Waals surface area (Å²) in [6.45, 7) is 1.85. The van der Waals surface area contributed by atoms with Crippen molar-refractivity contribution < 1.29 is 14.3 Å². The maximum atomic E-state index is 12.1. The number of thiazole rings is 1. The molecule has 0 saturated heterocycles. The zero-order valence-electron chi connectivity index (χ0n) is 15.0. The third kappa shape index (κ3) is 5.21. The molecule has 0 bridgehead atoms. The molecule has 1 heterocycles. The number of aryl methyl sites for hydroxylation is 1. The summed E-state index contributed by atoms with van der Waals surface area (Å²) >= 11 is 7.60. The number of methoxy groups -OCH3 is 1. The Balaban J connectivity index is 1.55. The van der Waals surface area contributed by atoms with E-state index in [9.17, 15) is 4.79 Å². The van der Waals surface area contributed by atoms with E-state index in [4.69, 9.17) is 21.1 Å². The summed E-state index contributed by atoms with van der Waals surface area (Å²) in [7, 11) is 1.56. The average molecular weight is 403 g/mol. The van der Waals surface area contributed by atoms with Gasteiger partial charge in [0, 0.05) is 22.5 Å². The second kappa shape index (κ2) is 8.88. The molecule has 0 aliphatic heterocycles. The fourth-order valence-electron chi connectivity index (χ4n) is 2.43. The monoisotopic (exact) mass is 402 g/mol. The molecule has 0 aliphatic rings. The molecule has 0 saturated carbocycles. The number of nitrogens with zero attached hydrogens (tertiary/aromatic N) is 1. The van der Waals surface area contributed by atoms with E-state index >= 15 is 0 Å². The predicted octanol–water partition coefficient (Wildman–Crippen LogP) is 4.72. The van der Waals surface area contributed by atoms with Crippen LogP contribution in [-0.4, -0.2) is 24.6 Å². The minimum atomic E-state index is -0.278. The molecule has 0 spiro atoms. The molecule has 1 N–H and O–H groups in total. The molecule has 140 valence electrons. The number of anilines is 1. The van der Waals surface area contributed by atoms with Crippen molar-refractivity contribution in [3.05, 3.63) is 69.7 Å². The van der Waals surface area contributed by atoms with Crippen molar-refractivity contribution >= 4 is 34.0 Å². The first-order valence-corrected chi connectivity index (χ1v) is 9.50. The lowest BCUT2D eigenvalue weighted by Gasteiger charge is -2.09. The number of aromatic nitrogens is 1. The highest BCUT2D eigenvalue weighted by atomic mass is 35.5. The van der Waals surface area contributed by atoms with Crippen LogP contribution in [0.3, 0.4) is 0 Å². The highest BCUT2D eigenvalue weighted by molar-refractivity contribution is 7.15. The SMILES string of the molecule is COc1ccccc1OCC(=O)Nc1ncc(Cc2ccc(C)c(Cl)c2)s1. The van der Waals surface area contributed by atoms with Gasteiger partial charge >= 0.3 is 0 Å². The number of nitrogens with one attached hydrogen (secondary N) is 1. The zero-order chi connectivity index (χ0) is 19.2. The number of carbonyl (C=O) groups is 1. The van der Waals surface area contributed by atoms with Gasteiger partial charge in [0.15, 0.2) is 23.2 Å². The molecule has 0 unspecified atom stereocenters. The number of para-hydroxylation sites is 2. The number of hydrogen-bond donors (Lipinski definition) is 1. The van der Waals surface area contributed by atoms with Crippen LogP contribution in [-0.2, 0) is 11.2 Å². The first-order chi connectivity index (χ1) is 13.0. The number of carbonyl (C=O) groups excluding carboxylic acids is 1. The molecule has 0 atom stereocenters. The van der Waals surface area contributed by atoms with Crippen molar-refractivity contribution in [2.75, 3.05) is 19.0 Å². The van der Waals surface area contributed by atoms with Crippen molar-refractivity contribution in [2.24, 2.45) is 0 Å². The first kappa shape index (κ1) is 19.2. The minimum absolute atomic E-state index is 0.122. The normalized spacial score (nSPS) is 10.5. The van der Waals surface area contributed by atoms with E-state index in [0.29, 0.717) is 23.1 Å². The Bertz CT molecular complexity index is 942. The summed E-state index contributed by atoms with van der Waals surface area (Å²) in [5.41, 5.74) is 2.15. The Labute approximate surface area is 166 Å². The molecule has 3 aromatic rings. The average Bonchev–Trinajstić information content (AvgIpc) is 3.10. The number of ether oxygens (including phenoxy) is 2. The van der Waals surface area contributed by atoms with E-state index < -0.39 is 0 Å². The number of rotatable bonds is 7. The molecular weight excluding hydrogens is 384 g/mol. The Kier molecular flexibility index (Phi) is 6.32. The van der Waals surface area contributed by atoms with Crippen LogP contribution in [0, 0.1) is 6.92 Å². The van der Waals surface area contributed by atoms with Crippen LogP contribution in [0.5, 0.6) is 11.5 Å². The van der Waals surface area contributed by atoms with Crippen LogP contribution in [0.2, 0.25) is 5.02 Å². The molecule has 1 aromatic heterocycles. The second-order valence-electron chi connectivity index (χ2n) is 5.88. The van der Waals surface area contributed by atoms with Gasteiger partial charge in [0.1, 0.15) is 0 Å². The van der Waals surface area contributed by atoms with Crippen molar-refractivity contribution in [3.63, 3.8) is 0 Å². The molecule has 7 heteroatoms. The smallest absolute Gasteiger partial charge is 0.264 e. The van der Waals surface area contributed by atoms with Gasteiger partial charge < -0.3 is 9.47 Å². The topological polar surface area (TPSA) is 60.5 Å². The first-order valence-electron chi connectivity index (χ1n) is 8.30. The van der Waals surface area contributed by atoms with Crippen LogP contribution in [0.1, 0.15) is 16.0 Å². The van der Waals surface area contributed by atoms with E-state index in [0.717, 1.165) is 21.0 Å². The summed E-state index contributed by atoms with van der Waals surface area (Å²) in [4.78, 5) is 17.4. The number of benzene rings is 2. The quantitative estimate of drug-likeness (QED) is 0.621. The Hall–Kier alpha value is -2.57. The van der Waals surface area contributed by atoms with E-state index in [1.165, 1.54) is 11.3 Å². The third-order valence-corrected chi connectivity index (χ3v) is 5.16. The van der Waals surface area contributed by atoms with Gasteiger partial charge in [-0.2, -0.15) is 0 Å². The predicted molar refractivity (Wildman–Crippen MR) is 108 cm³/mol. The molecule has 27 heavy (non-hydrogen) atoms. The lowest BCUT2D eigenvalue weighted by Crippen LogP contribution is -2.20. The van der Waals surface area contributed by atoms with Gasteiger partial charge in [0.05, 0.1) is 7.11 Å². The summed E-state index contributed by atoms with van der Waals surface area (Å²) in [5.74, 6) is 0.824. The van der Waals surface area contributed by atoms with E-state index in [-0.39, 0.29) is 12.5 Å². The van der Waals surface area contributed by atoms with Gasteiger partial charge in [-0.25, -0.2) is 4.98 Å². The maximum absolute atomic E-state index is 12.1.